The fourth-order valence-electron chi connectivity index (χ4n) is 16.5. The van der Waals surface area contributed by atoms with Gasteiger partial charge < -0.3 is 60.5 Å². The lowest BCUT2D eigenvalue weighted by Gasteiger charge is -2.55. The number of allylic oxidation sites excluding steroid dienone is 3. The van der Waals surface area contributed by atoms with Crippen LogP contribution >= 0.6 is 0 Å². The van der Waals surface area contributed by atoms with Crippen LogP contribution in [0.1, 0.15) is 142 Å². The molecule has 94 heavy (non-hydrogen) atoms. The Morgan fingerprint density at radius 2 is 1.64 bits per heavy atom. The lowest BCUT2D eigenvalue weighted by atomic mass is 9.50. The number of ketones is 1. The highest BCUT2D eigenvalue weighted by Crippen LogP contribution is 2.68. The Labute approximate surface area is 542 Å². The second-order valence-electron chi connectivity index (χ2n) is 26.5. The number of nitrogens with one attached hydrogen (secondary N) is 5. The Bertz CT molecular complexity index is 4110. The van der Waals surface area contributed by atoms with Crippen molar-refractivity contribution in [1.29, 1.82) is 0 Å². The molecule has 0 radical (unpaired) electrons. The second kappa shape index (κ2) is 25.8. The summed E-state index contributed by atoms with van der Waals surface area (Å²) in [5.41, 5.74) is 5.65. The Morgan fingerprint density at radius 1 is 0.883 bits per heavy atom. The number of carbonyl (C=O) groups is 8. The molecule has 0 spiro atoms. The molecule has 2 aromatic heterocycles. The monoisotopic (exact) mass is 1290 g/mol. The van der Waals surface area contributed by atoms with Crippen molar-refractivity contribution in [2.75, 3.05) is 44.9 Å². The molecule has 9 atom stereocenters. The fraction of sp³-hybridized carbons (Fsp3) is 0.465. The largest absolute Gasteiger partial charge is 0.458 e. The van der Waals surface area contributed by atoms with Gasteiger partial charge in [-0.1, -0.05) is 68.0 Å². The molecule has 22 nitrogen and oxygen atoms in total. The first-order valence-corrected chi connectivity index (χ1v) is 32.4. The minimum Gasteiger partial charge on any atom is -0.458 e. The van der Waals surface area contributed by atoms with Gasteiger partial charge in [0.05, 0.1) is 60.8 Å². The molecule has 5 aromatic rings. The average molecular weight is 1290 g/mol. The van der Waals surface area contributed by atoms with Crippen molar-refractivity contribution in [1.82, 2.24) is 36.1 Å². The Balaban J connectivity index is 0.639. The molecule has 4 heterocycles. The van der Waals surface area contributed by atoms with Crippen molar-refractivity contribution >= 4 is 63.8 Å². The highest BCUT2D eigenvalue weighted by molar-refractivity contribution is 5.95. The Kier molecular flexibility index (Phi) is 17.9. The number of likely N-dealkylation sites (N-methyl/N-ethyl adjacent to an activating group) is 1. The third-order valence-corrected chi connectivity index (χ3v) is 21.1. The number of amides is 5. The zero-order valence-corrected chi connectivity index (χ0v) is 53.6. The number of hydrogen-bond donors (Lipinski definition) is 7. The lowest BCUT2D eigenvalue weighted by molar-refractivity contribution is -0.182. The molecule has 2 fully saturated rings. The summed E-state index contributed by atoms with van der Waals surface area (Å²) in [6, 6.07) is 18.0. The molecular weight excluding hydrogens is 1210 g/mol. The van der Waals surface area contributed by atoms with Crippen molar-refractivity contribution in [2.24, 2.45) is 17.3 Å². The van der Waals surface area contributed by atoms with Crippen molar-refractivity contribution in [3.05, 3.63) is 150 Å². The van der Waals surface area contributed by atoms with E-state index in [1.54, 1.807) is 62.2 Å². The molecule has 23 heteroatoms. The maximum atomic E-state index is 15.5. The van der Waals surface area contributed by atoms with E-state index in [1.165, 1.54) is 41.2 Å². The molecule has 7 aliphatic rings. The first-order valence-electron chi connectivity index (χ1n) is 32.4. The van der Waals surface area contributed by atoms with E-state index in [0.717, 1.165) is 42.5 Å². The smallest absolute Gasteiger partial charge is 0.343 e. The van der Waals surface area contributed by atoms with Crippen molar-refractivity contribution < 1.29 is 67.2 Å². The van der Waals surface area contributed by atoms with E-state index in [-0.39, 0.29) is 67.2 Å². The van der Waals surface area contributed by atoms with E-state index in [4.69, 9.17) is 19.2 Å². The highest BCUT2D eigenvalue weighted by atomic mass is 19.1. The zero-order valence-electron chi connectivity index (χ0n) is 53.6. The molecule has 5 aliphatic carbocycles. The number of esters is 2. The number of benzene rings is 3. The van der Waals surface area contributed by atoms with Crippen molar-refractivity contribution in [3.8, 4) is 11.4 Å². The summed E-state index contributed by atoms with van der Waals surface area (Å²) in [4.78, 5) is 127. The number of halogens is 1. The predicted octanol–water partition coefficient (Wildman–Crippen LogP) is 5.40. The number of aliphatic hydroxyl groups excluding tert-OH is 1. The molecule has 2 aliphatic heterocycles. The topological polar surface area (TPSA) is 303 Å². The molecule has 1 unspecified atom stereocenters. The summed E-state index contributed by atoms with van der Waals surface area (Å²) in [7, 11) is 1.76. The van der Waals surface area contributed by atoms with Crippen LogP contribution in [0.2, 0.25) is 0 Å². The zero-order chi connectivity index (χ0) is 66.7. The molecular formula is C71H79FN8O14. The van der Waals surface area contributed by atoms with Crippen LogP contribution in [0.25, 0.3) is 22.3 Å². The van der Waals surface area contributed by atoms with Gasteiger partial charge in [-0.05, 0) is 147 Å². The van der Waals surface area contributed by atoms with Crippen LogP contribution in [0, 0.1) is 30.0 Å². The molecule has 0 saturated heterocycles. The van der Waals surface area contributed by atoms with Gasteiger partial charge in [0.15, 0.2) is 17.0 Å². The van der Waals surface area contributed by atoms with Gasteiger partial charge in [-0.3, -0.25) is 38.4 Å². The van der Waals surface area contributed by atoms with Gasteiger partial charge in [-0.15, -0.1) is 0 Å². The van der Waals surface area contributed by atoms with E-state index >= 15 is 4.39 Å². The first-order chi connectivity index (χ1) is 44.9. The summed E-state index contributed by atoms with van der Waals surface area (Å²) in [6.45, 7) is 6.06. The molecule has 12 rings (SSSR count). The number of carbonyl (C=O) groups excluding carboxylic acids is 8. The van der Waals surface area contributed by atoms with E-state index < -0.39 is 114 Å². The Hall–Kier alpha value is -8.93. The van der Waals surface area contributed by atoms with E-state index in [9.17, 15) is 53.4 Å². The number of hydrogen-bond acceptors (Lipinski definition) is 16. The number of nitrogens with zero attached hydrogens (tertiary/aromatic N) is 3. The van der Waals surface area contributed by atoms with Crippen LogP contribution in [-0.4, -0.2) is 125 Å². The highest BCUT2D eigenvalue weighted by Gasteiger charge is 2.67. The second-order valence-corrected chi connectivity index (χ2v) is 26.5. The molecule has 7 N–H and O–H groups in total. The summed E-state index contributed by atoms with van der Waals surface area (Å²) in [6.07, 6.45) is 7.21. The quantitative estimate of drug-likeness (QED) is 0.0286. The normalized spacial score (nSPS) is 24.8. The summed E-state index contributed by atoms with van der Waals surface area (Å²) in [5, 5.41) is 36.2. The number of pyridine rings is 2. The number of cyclic esters (lactones) is 1. The first kappa shape index (κ1) is 65.1. The van der Waals surface area contributed by atoms with Gasteiger partial charge in [0.1, 0.15) is 31.8 Å². The maximum absolute atomic E-state index is 15.5. The van der Waals surface area contributed by atoms with Crippen LogP contribution in [-0.2, 0) is 84.2 Å². The van der Waals surface area contributed by atoms with Gasteiger partial charge >= 0.3 is 11.9 Å². The average Bonchev–Trinajstić information content (AvgIpc) is 1.47. The van der Waals surface area contributed by atoms with Gasteiger partial charge in [0.2, 0.25) is 29.5 Å². The third kappa shape index (κ3) is 11.8. The minimum atomic E-state index is -2.06. The van der Waals surface area contributed by atoms with Crippen LogP contribution in [0.4, 0.5) is 10.1 Å². The van der Waals surface area contributed by atoms with Gasteiger partial charge in [-0.25, -0.2) is 14.2 Å². The standard InChI is InChI=1S/C71H79FN8O14/c1-7-70(91)52-27-57-65-49(32-80(57)67(89)50(52)34-93-68(70)90)64-54(22-21-45-37(2)53(72)28-55(78-65)63(45)64)76-61(87)35-92-36-75-58(84)30-74-66(88)56(25-40-11-9-8-10-12-40)77-59(85)31-73-60(86)33-79(6)43-16-13-41(14-17-43)48-29-69(5)51(23-24-71(69,38(3)81)94-39(4)82)47-19-15-42-26-44(83)18-20-46(42)62(47)48/h8-14,16-17,26-28,44,47-48,51,54,56,83,91H,7,15,18-25,29-36H2,1-6H3,(H,73,86)(H,74,88)(H,75,84)(H,76,87)(H,77,85)/t44?,47-,48+,51-,54-,56-,69-,70-,71-/m0/s1. The molecule has 2 saturated carbocycles. The maximum Gasteiger partial charge on any atom is 0.343 e. The number of Topliss-reactive ketones (excluding diaryl/α,β-unsaturated/α-hetero) is 1. The van der Waals surface area contributed by atoms with E-state index in [1.807, 2.05) is 30.3 Å². The third-order valence-electron chi connectivity index (χ3n) is 21.1. The molecule has 0 bridgehead atoms. The van der Waals surface area contributed by atoms with Crippen molar-refractivity contribution in [3.63, 3.8) is 0 Å². The summed E-state index contributed by atoms with van der Waals surface area (Å²) < 4.78 is 33.9. The van der Waals surface area contributed by atoms with Crippen LogP contribution in [0.5, 0.6) is 0 Å². The minimum absolute atomic E-state index is 0.0499. The van der Waals surface area contributed by atoms with Crippen LogP contribution in [0.15, 0.2) is 94.3 Å². The number of aryl methyl sites for hydroxylation is 1. The molecule has 5 amide bonds. The fourth-order valence-corrected chi connectivity index (χ4v) is 16.5. The summed E-state index contributed by atoms with van der Waals surface area (Å²) >= 11 is 0. The lowest BCUT2D eigenvalue weighted by Crippen LogP contribution is -2.57. The number of aliphatic hydroxyl groups is 2. The predicted molar refractivity (Wildman–Crippen MR) is 342 cm³/mol. The molecule has 3 aromatic carbocycles. The number of fused-ring (bicyclic) bond motifs is 9. The number of ether oxygens (including phenoxy) is 3. The number of rotatable bonds is 20. The van der Waals surface area contributed by atoms with E-state index in [0.29, 0.717) is 76.6 Å². The van der Waals surface area contributed by atoms with Crippen molar-refractivity contribution in [2.45, 2.75) is 154 Å². The van der Waals surface area contributed by atoms with Crippen LogP contribution < -0.4 is 37.0 Å². The SMILES string of the molecule is CC[C@@]1(O)C(=O)OCc2c1cc1n(c2=O)Cc2c-1nc1cc(F)c(C)c3c1c2[C@@H](NC(=O)COCNC(=O)CNC(=O)[C@H](Cc1ccccc1)NC(=O)CNC(=O)CN(C)c1ccc([C@H]2C[C@@]4(C)[C@@H](CC[C@]4(OC(C)=O)C(C)=O)[C@@H]4CCC5=CC(O)CCC5=C42)cc1)CC3. The summed E-state index contributed by atoms with van der Waals surface area (Å²) in [5.74, 6) is -4.73. The van der Waals surface area contributed by atoms with Gasteiger partial charge in [0.25, 0.3) is 5.56 Å². The van der Waals surface area contributed by atoms with Gasteiger partial charge in [0, 0.05) is 60.0 Å². The number of aromatic nitrogens is 2. The van der Waals surface area contributed by atoms with Crippen LogP contribution in [0.3, 0.4) is 0 Å². The van der Waals surface area contributed by atoms with E-state index in [2.05, 4.69) is 33.5 Å². The molecule has 494 valence electrons. The van der Waals surface area contributed by atoms with Gasteiger partial charge in [-0.2, -0.15) is 0 Å². The Morgan fingerprint density at radius 3 is 2.37 bits per heavy atom. The number of anilines is 1.